The first kappa shape index (κ1) is 18.8. The number of primary amides is 2. The van der Waals surface area contributed by atoms with Crippen molar-refractivity contribution in [2.75, 3.05) is 0 Å². The van der Waals surface area contributed by atoms with E-state index in [0.29, 0.717) is 0 Å². The number of nitrogens with two attached hydrogens (primary N) is 3. The minimum Gasteiger partial charge on any atom is -0.480 e. The van der Waals surface area contributed by atoms with Crippen LogP contribution >= 0.6 is 0 Å². The predicted octanol–water partition coefficient (Wildman–Crippen LogP) is -2.93. The molecule has 0 aliphatic carbocycles. The van der Waals surface area contributed by atoms with Gasteiger partial charge in [-0.3, -0.25) is 9.59 Å². The lowest BCUT2D eigenvalue weighted by atomic mass is 10.2. The zero-order chi connectivity index (χ0) is 18.3. The van der Waals surface area contributed by atoms with Crippen LogP contribution < -0.4 is 27.8 Å². The molecule has 1 aromatic rings. The van der Waals surface area contributed by atoms with E-state index < -0.39 is 42.3 Å². The lowest BCUT2D eigenvalue weighted by Crippen LogP contribution is -2.47. The van der Waals surface area contributed by atoms with Gasteiger partial charge in [0, 0.05) is 6.42 Å². The van der Waals surface area contributed by atoms with Gasteiger partial charge in [-0.1, -0.05) is 5.16 Å². The molecule has 0 saturated heterocycles. The Bertz CT molecular complexity index is 630. The summed E-state index contributed by atoms with van der Waals surface area (Å²) in [4.78, 5) is 47.8. The van der Waals surface area contributed by atoms with E-state index in [0.717, 1.165) is 0 Å². The Morgan fingerprint density at radius 2 is 1.79 bits per heavy atom. The Balaban J connectivity index is 2.52. The largest absolute Gasteiger partial charge is 0.480 e. The molecule has 0 radical (unpaired) electrons. The van der Waals surface area contributed by atoms with Gasteiger partial charge < -0.3 is 37.5 Å². The SMILES string of the molecule is NC(=O)CC(NC(=O)NCc1nc([C@@H](N)CC(N)=O)no1)C(=O)O. The predicted molar refractivity (Wildman–Crippen MR) is 75.6 cm³/mol. The molecule has 1 rings (SSSR count). The first-order valence-corrected chi connectivity index (χ1v) is 6.61. The molecule has 1 unspecified atom stereocenters. The summed E-state index contributed by atoms with van der Waals surface area (Å²) in [6, 6.07) is -3.20. The van der Waals surface area contributed by atoms with E-state index in [-0.39, 0.29) is 24.7 Å². The number of hydrogen-bond donors (Lipinski definition) is 6. The van der Waals surface area contributed by atoms with Gasteiger partial charge in [0.05, 0.1) is 19.0 Å². The fraction of sp³-hybridized carbons (Fsp3) is 0.455. The van der Waals surface area contributed by atoms with Crippen molar-refractivity contribution in [3.05, 3.63) is 11.7 Å². The van der Waals surface area contributed by atoms with Crippen molar-refractivity contribution in [1.82, 2.24) is 20.8 Å². The van der Waals surface area contributed by atoms with Crippen molar-refractivity contribution in [1.29, 1.82) is 0 Å². The summed E-state index contributed by atoms with van der Waals surface area (Å²) in [5, 5.41) is 16.7. The maximum atomic E-state index is 11.6. The minimum absolute atomic E-state index is 0.0261. The van der Waals surface area contributed by atoms with Crippen LogP contribution in [0.4, 0.5) is 4.79 Å². The van der Waals surface area contributed by atoms with Crippen molar-refractivity contribution in [3.8, 4) is 0 Å². The normalized spacial score (nSPS) is 12.9. The quantitative estimate of drug-likeness (QED) is 0.269. The number of amides is 4. The van der Waals surface area contributed by atoms with Gasteiger partial charge >= 0.3 is 12.0 Å². The second kappa shape index (κ2) is 8.42. The van der Waals surface area contributed by atoms with Crippen LogP contribution in [0.2, 0.25) is 0 Å². The molecule has 4 amide bonds. The molecule has 1 heterocycles. The number of carbonyl (C=O) groups excluding carboxylic acids is 3. The monoisotopic (exact) mass is 343 g/mol. The molecule has 0 aromatic carbocycles. The average Bonchev–Trinajstić information content (AvgIpc) is 2.92. The van der Waals surface area contributed by atoms with Crippen LogP contribution in [0.25, 0.3) is 0 Å². The molecule has 0 aliphatic rings. The van der Waals surface area contributed by atoms with Gasteiger partial charge in [-0.15, -0.1) is 0 Å². The minimum atomic E-state index is -1.47. The topological polar surface area (TPSA) is 230 Å². The van der Waals surface area contributed by atoms with Crippen LogP contribution in [-0.2, 0) is 20.9 Å². The van der Waals surface area contributed by atoms with E-state index in [1.807, 2.05) is 5.32 Å². The van der Waals surface area contributed by atoms with E-state index in [1.165, 1.54) is 0 Å². The Labute approximate surface area is 134 Å². The Morgan fingerprint density at radius 3 is 2.33 bits per heavy atom. The Hall–Kier alpha value is -3.22. The van der Waals surface area contributed by atoms with Crippen LogP contribution in [0.15, 0.2) is 4.52 Å². The lowest BCUT2D eigenvalue weighted by molar-refractivity contribution is -0.140. The summed E-state index contributed by atoms with van der Waals surface area (Å²) in [5.41, 5.74) is 15.5. The van der Waals surface area contributed by atoms with Crippen molar-refractivity contribution in [2.45, 2.75) is 31.5 Å². The molecule has 13 heteroatoms. The maximum absolute atomic E-state index is 11.6. The molecule has 0 bridgehead atoms. The fourth-order valence-corrected chi connectivity index (χ4v) is 1.56. The Kier molecular flexibility index (Phi) is 6.61. The molecule has 1 aromatic heterocycles. The molecule has 2 atom stereocenters. The highest BCUT2D eigenvalue weighted by Crippen LogP contribution is 2.09. The number of rotatable bonds is 9. The summed E-state index contributed by atoms with van der Waals surface area (Å²) in [6.45, 7) is -0.231. The molecule has 0 aliphatic heterocycles. The Morgan fingerprint density at radius 1 is 1.17 bits per heavy atom. The molecule has 0 spiro atoms. The maximum Gasteiger partial charge on any atom is 0.326 e. The molecule has 0 saturated carbocycles. The number of aliphatic carboxylic acids is 1. The zero-order valence-electron chi connectivity index (χ0n) is 12.4. The first-order valence-electron chi connectivity index (χ1n) is 6.61. The van der Waals surface area contributed by atoms with Gasteiger partial charge in [0.2, 0.25) is 17.7 Å². The summed E-state index contributed by atoms with van der Waals surface area (Å²) in [6.07, 6.45) is -0.740. The van der Waals surface area contributed by atoms with Crippen LogP contribution in [0, 0.1) is 0 Å². The molecule has 0 fully saturated rings. The van der Waals surface area contributed by atoms with Crippen molar-refractivity contribution < 1.29 is 28.8 Å². The standard InChI is InChI=1S/C11H17N7O6/c12-4(1-6(13)19)9-17-8(24-18-9)3-15-11(23)16-5(10(21)22)2-7(14)20/h4-5H,1-3,12H2,(H2,13,19)(H2,14,20)(H,21,22)(H2,15,16,23)/t4-,5?/m0/s1. The van der Waals surface area contributed by atoms with Crippen LogP contribution in [0.3, 0.4) is 0 Å². The van der Waals surface area contributed by atoms with Crippen LogP contribution in [-0.4, -0.2) is 45.1 Å². The van der Waals surface area contributed by atoms with E-state index in [4.69, 9.17) is 26.8 Å². The number of nitrogens with one attached hydrogen (secondary N) is 2. The molecule has 13 nitrogen and oxygen atoms in total. The summed E-state index contributed by atoms with van der Waals surface area (Å²) >= 11 is 0. The van der Waals surface area contributed by atoms with Gasteiger partial charge in [0.1, 0.15) is 6.04 Å². The van der Waals surface area contributed by atoms with E-state index in [9.17, 15) is 19.2 Å². The number of carbonyl (C=O) groups is 4. The number of aromatic nitrogens is 2. The van der Waals surface area contributed by atoms with E-state index in [2.05, 4.69) is 15.5 Å². The van der Waals surface area contributed by atoms with Gasteiger partial charge in [-0.25, -0.2) is 9.59 Å². The highest BCUT2D eigenvalue weighted by atomic mass is 16.5. The van der Waals surface area contributed by atoms with Gasteiger partial charge in [-0.05, 0) is 0 Å². The number of hydrogen-bond acceptors (Lipinski definition) is 8. The number of urea groups is 1. The number of nitrogens with zero attached hydrogens (tertiary/aromatic N) is 2. The summed E-state index contributed by atoms with van der Waals surface area (Å²) < 4.78 is 4.81. The lowest BCUT2D eigenvalue weighted by Gasteiger charge is -2.12. The summed E-state index contributed by atoms with van der Waals surface area (Å²) in [7, 11) is 0. The molecule has 24 heavy (non-hydrogen) atoms. The molecule has 132 valence electrons. The van der Waals surface area contributed by atoms with E-state index in [1.54, 1.807) is 0 Å². The first-order chi connectivity index (χ1) is 11.2. The van der Waals surface area contributed by atoms with Gasteiger partial charge in [0.15, 0.2) is 5.82 Å². The van der Waals surface area contributed by atoms with Crippen molar-refractivity contribution >= 4 is 23.8 Å². The second-order valence-corrected chi connectivity index (χ2v) is 4.71. The number of carboxylic acid groups (broad SMARTS) is 1. The smallest absolute Gasteiger partial charge is 0.326 e. The van der Waals surface area contributed by atoms with Crippen LogP contribution in [0.1, 0.15) is 30.6 Å². The third kappa shape index (κ3) is 6.27. The third-order valence-electron chi connectivity index (χ3n) is 2.65. The summed E-state index contributed by atoms with van der Waals surface area (Å²) in [5.74, 6) is -2.93. The van der Waals surface area contributed by atoms with E-state index >= 15 is 0 Å². The average molecular weight is 343 g/mol. The van der Waals surface area contributed by atoms with Crippen molar-refractivity contribution in [3.63, 3.8) is 0 Å². The highest BCUT2D eigenvalue weighted by Gasteiger charge is 2.22. The van der Waals surface area contributed by atoms with Gasteiger partial charge in [-0.2, -0.15) is 4.98 Å². The van der Waals surface area contributed by atoms with Crippen molar-refractivity contribution in [2.24, 2.45) is 17.2 Å². The van der Waals surface area contributed by atoms with Crippen LogP contribution in [0.5, 0.6) is 0 Å². The second-order valence-electron chi connectivity index (χ2n) is 4.71. The molecular weight excluding hydrogens is 326 g/mol. The molecule has 9 N–H and O–H groups in total. The number of carboxylic acids is 1. The zero-order valence-corrected chi connectivity index (χ0v) is 12.4. The fourth-order valence-electron chi connectivity index (χ4n) is 1.56. The van der Waals surface area contributed by atoms with Gasteiger partial charge in [0.25, 0.3) is 0 Å². The molecular formula is C11H17N7O6. The highest BCUT2D eigenvalue weighted by molar-refractivity contribution is 5.87. The third-order valence-corrected chi connectivity index (χ3v) is 2.65.